The first-order chi connectivity index (χ1) is 11.1. The van der Waals surface area contributed by atoms with Gasteiger partial charge in [0.15, 0.2) is 6.10 Å². The molecule has 0 heterocycles. The Morgan fingerprint density at radius 1 is 1.13 bits per heavy atom. The lowest BCUT2D eigenvalue weighted by Crippen LogP contribution is -2.30. The number of fused-ring (bicyclic) bond motifs is 1. The lowest BCUT2D eigenvalue weighted by atomic mass is 9.91. The van der Waals surface area contributed by atoms with Crippen LogP contribution in [0.4, 0.5) is 5.69 Å². The summed E-state index contributed by atoms with van der Waals surface area (Å²) in [5, 5.41) is 2.90. The van der Waals surface area contributed by atoms with E-state index in [0.717, 1.165) is 28.8 Å². The van der Waals surface area contributed by atoms with E-state index in [1.807, 2.05) is 36.4 Å². The van der Waals surface area contributed by atoms with Gasteiger partial charge in [0, 0.05) is 4.47 Å². The molecule has 3 nitrogen and oxygen atoms in total. The van der Waals surface area contributed by atoms with Gasteiger partial charge in [-0.2, -0.15) is 0 Å². The molecule has 0 saturated carbocycles. The number of carbonyl (C=O) groups excluding carboxylic acids is 1. The SMILES string of the molecule is C[C@H](Oc1cccc2c1CCCC2)C(=O)Nc1ccccc1Br. The molecule has 4 heteroatoms. The molecule has 1 amide bonds. The van der Waals surface area contributed by atoms with E-state index in [1.54, 1.807) is 6.92 Å². The summed E-state index contributed by atoms with van der Waals surface area (Å²) in [4.78, 5) is 12.4. The fraction of sp³-hybridized carbons (Fsp3) is 0.316. The number of benzene rings is 2. The highest BCUT2D eigenvalue weighted by Crippen LogP contribution is 2.30. The van der Waals surface area contributed by atoms with Gasteiger partial charge in [-0.25, -0.2) is 0 Å². The van der Waals surface area contributed by atoms with E-state index in [0.29, 0.717) is 0 Å². The number of halogens is 1. The maximum Gasteiger partial charge on any atom is 0.265 e. The quantitative estimate of drug-likeness (QED) is 0.840. The predicted molar refractivity (Wildman–Crippen MR) is 95.9 cm³/mol. The minimum absolute atomic E-state index is 0.148. The number of hydrogen-bond donors (Lipinski definition) is 1. The van der Waals surface area contributed by atoms with Crippen molar-refractivity contribution in [1.29, 1.82) is 0 Å². The predicted octanol–water partition coefficient (Wildman–Crippen LogP) is 4.73. The first-order valence-electron chi connectivity index (χ1n) is 7.98. The number of nitrogens with one attached hydrogen (secondary N) is 1. The van der Waals surface area contributed by atoms with Crippen molar-refractivity contribution in [3.8, 4) is 5.75 Å². The van der Waals surface area contributed by atoms with Crippen molar-refractivity contribution in [3.05, 3.63) is 58.1 Å². The number of amides is 1. The first kappa shape index (κ1) is 16.1. The summed E-state index contributed by atoms with van der Waals surface area (Å²) in [5.41, 5.74) is 3.37. The van der Waals surface area contributed by atoms with Crippen LogP contribution >= 0.6 is 15.9 Å². The summed E-state index contributed by atoms with van der Waals surface area (Å²) >= 11 is 3.43. The molecule has 0 unspecified atom stereocenters. The number of aryl methyl sites for hydroxylation is 1. The van der Waals surface area contributed by atoms with Crippen molar-refractivity contribution in [2.45, 2.75) is 38.7 Å². The van der Waals surface area contributed by atoms with Crippen molar-refractivity contribution in [2.24, 2.45) is 0 Å². The van der Waals surface area contributed by atoms with Crippen LogP contribution in [0.2, 0.25) is 0 Å². The third kappa shape index (κ3) is 3.75. The maximum atomic E-state index is 12.4. The molecular formula is C19H20BrNO2. The molecule has 0 bridgehead atoms. The molecule has 23 heavy (non-hydrogen) atoms. The van der Waals surface area contributed by atoms with Crippen LogP contribution in [0.3, 0.4) is 0 Å². The first-order valence-corrected chi connectivity index (χ1v) is 8.77. The number of anilines is 1. The van der Waals surface area contributed by atoms with Gasteiger partial charge in [0.25, 0.3) is 5.91 Å². The van der Waals surface area contributed by atoms with Crippen molar-refractivity contribution in [2.75, 3.05) is 5.32 Å². The Bertz CT molecular complexity index is 714. The van der Waals surface area contributed by atoms with Crippen LogP contribution < -0.4 is 10.1 Å². The molecule has 120 valence electrons. The topological polar surface area (TPSA) is 38.3 Å². The van der Waals surface area contributed by atoms with Crippen LogP contribution in [-0.4, -0.2) is 12.0 Å². The largest absolute Gasteiger partial charge is 0.481 e. The molecule has 0 fully saturated rings. The van der Waals surface area contributed by atoms with Crippen LogP contribution in [0.15, 0.2) is 46.9 Å². The fourth-order valence-corrected chi connectivity index (χ4v) is 3.28. The Hall–Kier alpha value is -1.81. The number of rotatable bonds is 4. The van der Waals surface area contributed by atoms with E-state index in [-0.39, 0.29) is 5.91 Å². The van der Waals surface area contributed by atoms with Crippen LogP contribution in [0, 0.1) is 0 Å². The summed E-state index contributed by atoms with van der Waals surface area (Å²) < 4.78 is 6.82. The second-order valence-electron chi connectivity index (χ2n) is 5.83. The van der Waals surface area contributed by atoms with Gasteiger partial charge in [-0.05, 0) is 77.9 Å². The highest BCUT2D eigenvalue weighted by Gasteiger charge is 2.19. The van der Waals surface area contributed by atoms with Crippen LogP contribution in [-0.2, 0) is 17.6 Å². The summed E-state index contributed by atoms with van der Waals surface area (Å²) in [6, 6.07) is 13.7. The average Bonchev–Trinajstić information content (AvgIpc) is 2.57. The Labute approximate surface area is 145 Å². The van der Waals surface area contributed by atoms with Gasteiger partial charge in [-0.15, -0.1) is 0 Å². The van der Waals surface area contributed by atoms with Crippen molar-refractivity contribution >= 4 is 27.5 Å². The third-order valence-electron chi connectivity index (χ3n) is 4.16. The Morgan fingerprint density at radius 3 is 2.74 bits per heavy atom. The molecule has 0 aromatic heterocycles. The number of hydrogen-bond acceptors (Lipinski definition) is 2. The molecule has 0 aliphatic heterocycles. The molecule has 1 aliphatic carbocycles. The van der Waals surface area contributed by atoms with Crippen LogP contribution in [0.1, 0.15) is 30.9 Å². The molecule has 1 N–H and O–H groups in total. The second-order valence-corrected chi connectivity index (χ2v) is 6.68. The van der Waals surface area contributed by atoms with Gasteiger partial charge in [0.1, 0.15) is 5.75 Å². The smallest absolute Gasteiger partial charge is 0.265 e. The second kappa shape index (κ2) is 7.18. The molecule has 1 aliphatic rings. The normalized spacial score (nSPS) is 14.7. The molecule has 3 rings (SSSR count). The lowest BCUT2D eigenvalue weighted by Gasteiger charge is -2.22. The lowest BCUT2D eigenvalue weighted by molar-refractivity contribution is -0.122. The number of para-hydroxylation sites is 1. The van der Waals surface area contributed by atoms with Crippen LogP contribution in [0.5, 0.6) is 5.75 Å². The minimum atomic E-state index is -0.546. The Kier molecular flexibility index (Phi) is 5.01. The zero-order chi connectivity index (χ0) is 16.2. The van der Waals surface area contributed by atoms with E-state index in [2.05, 4.69) is 27.3 Å². The van der Waals surface area contributed by atoms with Gasteiger partial charge >= 0.3 is 0 Å². The Morgan fingerprint density at radius 2 is 1.91 bits per heavy atom. The summed E-state index contributed by atoms with van der Waals surface area (Å²) in [6.45, 7) is 1.79. The molecule has 2 aromatic rings. The summed E-state index contributed by atoms with van der Waals surface area (Å²) in [6.07, 6.45) is 4.00. The van der Waals surface area contributed by atoms with Gasteiger partial charge in [0.2, 0.25) is 0 Å². The van der Waals surface area contributed by atoms with Gasteiger partial charge < -0.3 is 10.1 Å². The van der Waals surface area contributed by atoms with Crippen molar-refractivity contribution < 1.29 is 9.53 Å². The van der Waals surface area contributed by atoms with E-state index in [9.17, 15) is 4.79 Å². The minimum Gasteiger partial charge on any atom is -0.481 e. The monoisotopic (exact) mass is 373 g/mol. The fourth-order valence-electron chi connectivity index (χ4n) is 2.90. The van der Waals surface area contributed by atoms with E-state index >= 15 is 0 Å². The molecule has 0 saturated heterocycles. The van der Waals surface area contributed by atoms with Gasteiger partial charge in [-0.1, -0.05) is 24.3 Å². The van der Waals surface area contributed by atoms with Crippen LogP contribution in [0.25, 0.3) is 0 Å². The Balaban J connectivity index is 1.71. The van der Waals surface area contributed by atoms with Crippen molar-refractivity contribution in [1.82, 2.24) is 0 Å². The summed E-state index contributed by atoms with van der Waals surface area (Å²) in [7, 11) is 0. The maximum absolute atomic E-state index is 12.4. The number of carbonyl (C=O) groups is 1. The molecule has 2 aromatic carbocycles. The zero-order valence-corrected chi connectivity index (χ0v) is 14.7. The summed E-state index contributed by atoms with van der Waals surface area (Å²) in [5.74, 6) is 0.697. The molecule has 0 radical (unpaired) electrons. The highest BCUT2D eigenvalue weighted by atomic mass is 79.9. The van der Waals surface area contributed by atoms with E-state index in [4.69, 9.17) is 4.74 Å². The third-order valence-corrected chi connectivity index (χ3v) is 4.85. The van der Waals surface area contributed by atoms with Gasteiger partial charge in [0.05, 0.1) is 5.69 Å². The standard InChI is InChI=1S/C19H20BrNO2/c1-13(19(22)21-17-11-5-4-10-16(17)20)23-18-12-6-8-14-7-2-3-9-15(14)18/h4-6,8,10-13H,2-3,7,9H2,1H3,(H,21,22)/t13-/m0/s1. The van der Waals surface area contributed by atoms with E-state index in [1.165, 1.54) is 24.0 Å². The number of ether oxygens (including phenoxy) is 1. The zero-order valence-electron chi connectivity index (χ0n) is 13.1. The molecular weight excluding hydrogens is 354 g/mol. The van der Waals surface area contributed by atoms with Crippen molar-refractivity contribution in [3.63, 3.8) is 0 Å². The van der Waals surface area contributed by atoms with Gasteiger partial charge in [-0.3, -0.25) is 4.79 Å². The molecule has 0 spiro atoms. The van der Waals surface area contributed by atoms with E-state index < -0.39 is 6.10 Å². The highest BCUT2D eigenvalue weighted by molar-refractivity contribution is 9.10. The molecule has 1 atom stereocenters. The average molecular weight is 374 g/mol.